The van der Waals surface area contributed by atoms with Gasteiger partial charge in [0.05, 0.1) is 5.75 Å². The first kappa shape index (κ1) is 13.1. The average molecular weight is 247 g/mol. The Morgan fingerprint density at radius 3 is 2.56 bits per heavy atom. The third-order valence-corrected chi connectivity index (χ3v) is 3.42. The maximum absolute atomic E-state index is 11.1. The van der Waals surface area contributed by atoms with Gasteiger partial charge in [-0.1, -0.05) is 13.8 Å². The predicted octanol–water partition coefficient (Wildman–Crippen LogP) is 0.675. The Balaban J connectivity index is 2.43. The summed E-state index contributed by atoms with van der Waals surface area (Å²) in [5.74, 6) is 1.30. The fourth-order valence-electron chi connectivity index (χ4n) is 1.02. The number of nitrogens with zero attached hydrogens (tertiary/aromatic N) is 2. The van der Waals surface area contributed by atoms with Crippen molar-refractivity contribution < 1.29 is 12.8 Å². The van der Waals surface area contributed by atoms with Crippen LogP contribution in [0.25, 0.3) is 0 Å². The molecule has 0 fully saturated rings. The van der Waals surface area contributed by atoms with Gasteiger partial charge >= 0.3 is 0 Å². The van der Waals surface area contributed by atoms with E-state index in [-0.39, 0.29) is 18.2 Å². The van der Waals surface area contributed by atoms with Gasteiger partial charge in [0.1, 0.15) is 0 Å². The lowest BCUT2D eigenvalue weighted by Crippen LogP contribution is -2.27. The van der Waals surface area contributed by atoms with Crippen LogP contribution in [-0.2, 0) is 16.4 Å². The molecular formula is C9H17N3O3S. The fourth-order valence-corrected chi connectivity index (χ4v) is 1.63. The molecule has 0 atom stereocenters. The van der Waals surface area contributed by atoms with Crippen LogP contribution >= 0.6 is 0 Å². The van der Waals surface area contributed by atoms with Crippen LogP contribution in [-0.4, -0.2) is 30.9 Å². The molecule has 0 saturated carbocycles. The zero-order valence-corrected chi connectivity index (χ0v) is 10.5. The summed E-state index contributed by atoms with van der Waals surface area (Å²) >= 11 is 0. The van der Waals surface area contributed by atoms with Gasteiger partial charge in [-0.3, -0.25) is 0 Å². The minimum absolute atomic E-state index is 0.0775. The molecule has 1 aromatic rings. The van der Waals surface area contributed by atoms with Gasteiger partial charge < -0.3 is 4.42 Å². The van der Waals surface area contributed by atoms with Crippen molar-refractivity contribution in [3.63, 3.8) is 0 Å². The molecule has 92 valence electrons. The Kier molecular flexibility index (Phi) is 4.43. The molecule has 0 amide bonds. The maximum Gasteiger partial charge on any atom is 0.219 e. The minimum atomic E-state index is -3.14. The lowest BCUT2D eigenvalue weighted by atomic mass is 10.2. The SMILES string of the molecule is CCS(=O)(=O)NCCc1nnc(C(C)C)o1. The number of hydrogen-bond donors (Lipinski definition) is 1. The Labute approximate surface area is 95.5 Å². The minimum Gasteiger partial charge on any atom is -0.425 e. The van der Waals surface area contributed by atoms with E-state index in [9.17, 15) is 8.42 Å². The highest BCUT2D eigenvalue weighted by molar-refractivity contribution is 7.89. The van der Waals surface area contributed by atoms with Gasteiger partial charge in [-0.2, -0.15) is 0 Å². The van der Waals surface area contributed by atoms with Crippen LogP contribution in [0, 0.1) is 0 Å². The van der Waals surface area contributed by atoms with E-state index in [1.165, 1.54) is 0 Å². The van der Waals surface area contributed by atoms with Crippen LogP contribution in [0.4, 0.5) is 0 Å². The molecule has 0 radical (unpaired) electrons. The van der Waals surface area contributed by atoms with E-state index in [1.807, 2.05) is 13.8 Å². The fraction of sp³-hybridized carbons (Fsp3) is 0.778. The Morgan fingerprint density at radius 1 is 1.38 bits per heavy atom. The summed E-state index contributed by atoms with van der Waals surface area (Å²) in [4.78, 5) is 0. The molecule has 7 heteroatoms. The van der Waals surface area contributed by atoms with Crippen LogP contribution in [0.3, 0.4) is 0 Å². The van der Waals surface area contributed by atoms with Crippen LogP contribution in [0.2, 0.25) is 0 Å². The van der Waals surface area contributed by atoms with E-state index in [4.69, 9.17) is 4.42 Å². The van der Waals surface area contributed by atoms with Crippen molar-refractivity contribution in [3.8, 4) is 0 Å². The van der Waals surface area contributed by atoms with Crippen molar-refractivity contribution in [2.75, 3.05) is 12.3 Å². The summed E-state index contributed by atoms with van der Waals surface area (Å²) in [7, 11) is -3.14. The van der Waals surface area contributed by atoms with E-state index >= 15 is 0 Å². The topological polar surface area (TPSA) is 85.1 Å². The lowest BCUT2D eigenvalue weighted by Gasteiger charge is -2.01. The van der Waals surface area contributed by atoms with Crippen molar-refractivity contribution in [2.45, 2.75) is 33.1 Å². The van der Waals surface area contributed by atoms with Crippen molar-refractivity contribution in [1.29, 1.82) is 0 Å². The van der Waals surface area contributed by atoms with Gasteiger partial charge in [-0.15, -0.1) is 10.2 Å². The molecule has 0 saturated heterocycles. The summed E-state index contributed by atoms with van der Waals surface area (Å²) in [6, 6.07) is 0. The standard InChI is InChI=1S/C9H17N3O3S/c1-4-16(13,14)10-6-5-8-11-12-9(15-8)7(2)3/h7,10H,4-6H2,1-3H3. The van der Waals surface area contributed by atoms with E-state index in [0.717, 1.165) is 0 Å². The quantitative estimate of drug-likeness (QED) is 0.798. The molecule has 0 aromatic carbocycles. The van der Waals surface area contributed by atoms with E-state index in [2.05, 4.69) is 14.9 Å². The zero-order valence-electron chi connectivity index (χ0n) is 9.73. The predicted molar refractivity (Wildman–Crippen MR) is 59.6 cm³/mol. The van der Waals surface area contributed by atoms with Crippen LogP contribution in [0.5, 0.6) is 0 Å². The molecule has 0 spiro atoms. The summed E-state index contributed by atoms with van der Waals surface area (Å²) in [6.07, 6.45) is 0.416. The van der Waals surface area contributed by atoms with Gasteiger partial charge in [0.2, 0.25) is 21.8 Å². The molecule has 0 aliphatic rings. The second kappa shape index (κ2) is 5.40. The molecule has 6 nitrogen and oxygen atoms in total. The van der Waals surface area contributed by atoms with Crippen molar-refractivity contribution in [1.82, 2.24) is 14.9 Å². The van der Waals surface area contributed by atoms with Crippen LogP contribution in [0.15, 0.2) is 4.42 Å². The third-order valence-electron chi connectivity index (χ3n) is 2.02. The molecule has 1 N–H and O–H groups in total. The van der Waals surface area contributed by atoms with Gasteiger partial charge in [0, 0.05) is 18.9 Å². The number of hydrogen-bond acceptors (Lipinski definition) is 5. The summed E-state index contributed by atoms with van der Waals surface area (Å²) in [6.45, 7) is 5.79. The largest absolute Gasteiger partial charge is 0.425 e. The van der Waals surface area contributed by atoms with Crippen LogP contribution < -0.4 is 4.72 Å². The molecule has 16 heavy (non-hydrogen) atoms. The van der Waals surface area contributed by atoms with Gasteiger partial charge in [0.15, 0.2) is 0 Å². The van der Waals surface area contributed by atoms with E-state index in [0.29, 0.717) is 18.2 Å². The summed E-state index contributed by atoms with van der Waals surface area (Å²) in [5.41, 5.74) is 0. The molecule has 1 aromatic heterocycles. The first-order valence-corrected chi connectivity index (χ1v) is 6.89. The number of rotatable bonds is 6. The Morgan fingerprint density at radius 2 is 2.06 bits per heavy atom. The van der Waals surface area contributed by atoms with Crippen molar-refractivity contribution >= 4 is 10.0 Å². The first-order chi connectivity index (χ1) is 7.44. The normalized spacial score (nSPS) is 12.2. The number of nitrogens with one attached hydrogen (secondary N) is 1. The number of aromatic nitrogens is 2. The van der Waals surface area contributed by atoms with Gasteiger partial charge in [-0.05, 0) is 6.92 Å². The van der Waals surface area contributed by atoms with Gasteiger partial charge in [0.25, 0.3) is 0 Å². The van der Waals surface area contributed by atoms with E-state index in [1.54, 1.807) is 6.92 Å². The Hall–Kier alpha value is -0.950. The Bertz CT molecular complexity index is 425. The average Bonchev–Trinajstić information content (AvgIpc) is 2.66. The molecule has 0 bridgehead atoms. The smallest absolute Gasteiger partial charge is 0.219 e. The first-order valence-electron chi connectivity index (χ1n) is 5.24. The highest BCUT2D eigenvalue weighted by Gasteiger charge is 2.10. The zero-order chi connectivity index (χ0) is 12.2. The second-order valence-electron chi connectivity index (χ2n) is 3.74. The second-order valence-corrected chi connectivity index (χ2v) is 5.83. The molecule has 0 aliphatic heterocycles. The third kappa shape index (κ3) is 3.90. The highest BCUT2D eigenvalue weighted by atomic mass is 32.2. The molecule has 1 rings (SSSR count). The van der Waals surface area contributed by atoms with E-state index < -0.39 is 10.0 Å². The molecule has 1 heterocycles. The molecule has 0 unspecified atom stereocenters. The van der Waals surface area contributed by atoms with Gasteiger partial charge in [-0.25, -0.2) is 13.1 Å². The number of sulfonamides is 1. The lowest BCUT2D eigenvalue weighted by molar-refractivity contribution is 0.431. The van der Waals surface area contributed by atoms with Crippen molar-refractivity contribution in [3.05, 3.63) is 11.8 Å². The molecule has 0 aliphatic carbocycles. The summed E-state index contributed by atoms with van der Waals surface area (Å²) in [5, 5.41) is 7.69. The van der Waals surface area contributed by atoms with Crippen LogP contribution in [0.1, 0.15) is 38.5 Å². The highest BCUT2D eigenvalue weighted by Crippen LogP contribution is 2.11. The summed E-state index contributed by atoms with van der Waals surface area (Å²) < 4.78 is 30.0. The molecular weight excluding hydrogens is 230 g/mol. The maximum atomic E-state index is 11.1. The van der Waals surface area contributed by atoms with Crippen molar-refractivity contribution in [2.24, 2.45) is 0 Å². The monoisotopic (exact) mass is 247 g/mol.